The van der Waals surface area contributed by atoms with Crippen molar-refractivity contribution in [1.82, 2.24) is 15.0 Å². The fourth-order valence-electron chi connectivity index (χ4n) is 2.20. The number of benzene rings is 1. The summed E-state index contributed by atoms with van der Waals surface area (Å²) < 4.78 is 54.2. The number of alkyl halides is 3. The molecule has 3 aromatic rings. The maximum Gasteiger partial charge on any atom is 1.00 e. The Balaban J connectivity index is 0.00000243. The van der Waals surface area contributed by atoms with E-state index >= 15 is 0 Å². The van der Waals surface area contributed by atoms with Crippen LogP contribution in [0.1, 0.15) is 11.3 Å². The molecule has 0 N–H and O–H groups in total. The van der Waals surface area contributed by atoms with E-state index < -0.39 is 23.6 Å². The Hall–Kier alpha value is -1.82. The van der Waals surface area contributed by atoms with Gasteiger partial charge in [0, 0.05) is 16.9 Å². The molecule has 132 valence electrons. The van der Waals surface area contributed by atoms with Crippen LogP contribution in [0.15, 0.2) is 41.7 Å². The van der Waals surface area contributed by atoms with Gasteiger partial charge in [0.25, 0.3) is 0 Å². The third-order valence-corrected chi connectivity index (χ3v) is 4.56. The summed E-state index contributed by atoms with van der Waals surface area (Å²) >= 11 is 0. The van der Waals surface area contributed by atoms with Crippen molar-refractivity contribution in [3.63, 3.8) is 0 Å². The summed E-state index contributed by atoms with van der Waals surface area (Å²) in [6, 6.07) is 8.48. The molecule has 3 rings (SSSR count). The SMILES string of the molecule is Cc1c(OCC(F)(F)F)ccnc1CS(=O)c1nc2ccccc2[n-]1.[Li+]. The summed E-state index contributed by atoms with van der Waals surface area (Å²) in [4.78, 5) is 12.5. The molecule has 1 aromatic carbocycles. The van der Waals surface area contributed by atoms with Crippen molar-refractivity contribution in [2.45, 2.75) is 24.0 Å². The molecule has 10 heteroatoms. The van der Waals surface area contributed by atoms with Crippen molar-refractivity contribution in [2.24, 2.45) is 0 Å². The first-order chi connectivity index (χ1) is 11.8. The fraction of sp³-hybridized carbons (Fsp3) is 0.250. The molecule has 0 bridgehead atoms. The number of halogens is 3. The Morgan fingerprint density at radius 3 is 2.65 bits per heavy atom. The summed E-state index contributed by atoms with van der Waals surface area (Å²) in [7, 11) is -1.57. The van der Waals surface area contributed by atoms with Crippen LogP contribution in [0.5, 0.6) is 5.75 Å². The first-order valence-corrected chi connectivity index (χ1v) is 8.57. The number of fused-ring (bicyclic) bond motifs is 1. The Kier molecular flexibility index (Phi) is 6.50. The molecule has 0 amide bonds. The molecule has 1 unspecified atom stereocenters. The number of rotatable bonds is 5. The van der Waals surface area contributed by atoms with Crippen LogP contribution in [-0.4, -0.2) is 27.0 Å². The third kappa shape index (κ3) is 4.87. The second-order valence-electron chi connectivity index (χ2n) is 5.27. The Morgan fingerprint density at radius 1 is 1.23 bits per heavy atom. The predicted molar refractivity (Wildman–Crippen MR) is 85.7 cm³/mol. The van der Waals surface area contributed by atoms with E-state index in [9.17, 15) is 17.4 Å². The molecule has 2 aromatic heterocycles. The van der Waals surface area contributed by atoms with Crippen molar-refractivity contribution in [2.75, 3.05) is 6.61 Å². The molecule has 2 heterocycles. The van der Waals surface area contributed by atoms with Gasteiger partial charge in [0.2, 0.25) is 0 Å². The molecule has 0 fully saturated rings. The predicted octanol–water partition coefficient (Wildman–Crippen LogP) is 0.148. The van der Waals surface area contributed by atoms with Crippen LogP contribution in [0.2, 0.25) is 0 Å². The molecule has 1 atom stereocenters. The van der Waals surface area contributed by atoms with E-state index in [1.807, 2.05) is 0 Å². The van der Waals surface area contributed by atoms with Crippen molar-refractivity contribution >= 4 is 21.8 Å². The average molecular weight is 375 g/mol. The van der Waals surface area contributed by atoms with Gasteiger partial charge in [-0.1, -0.05) is 24.3 Å². The summed E-state index contributed by atoms with van der Waals surface area (Å²) in [5, 5.41) is 0.170. The molecule has 0 saturated heterocycles. The zero-order valence-electron chi connectivity index (χ0n) is 14.1. The minimum Gasteiger partial charge on any atom is -0.484 e. The second-order valence-corrected chi connectivity index (χ2v) is 6.61. The number of nitrogens with zero attached hydrogens (tertiary/aromatic N) is 3. The molecule has 0 aliphatic carbocycles. The Labute approximate surface area is 162 Å². The first-order valence-electron chi connectivity index (χ1n) is 7.25. The van der Waals surface area contributed by atoms with E-state index in [1.54, 1.807) is 31.2 Å². The molecule has 0 spiro atoms. The van der Waals surface area contributed by atoms with Crippen molar-refractivity contribution in [3.8, 4) is 5.75 Å². The number of imidazole rings is 1. The van der Waals surface area contributed by atoms with E-state index in [2.05, 4.69) is 15.0 Å². The molecular formula is C16H13F3LiN3O2S. The summed E-state index contributed by atoms with van der Waals surface area (Å²) in [6.45, 7) is 0.186. The fourth-order valence-corrected chi connectivity index (χ4v) is 3.26. The Bertz CT molecular complexity index is 897. The van der Waals surface area contributed by atoms with E-state index in [4.69, 9.17) is 4.74 Å². The number of para-hydroxylation sites is 2. The first kappa shape index (κ1) is 20.5. The van der Waals surface area contributed by atoms with Crippen LogP contribution >= 0.6 is 0 Å². The molecule has 0 aliphatic rings. The largest absolute Gasteiger partial charge is 1.00 e. The van der Waals surface area contributed by atoms with Crippen LogP contribution in [0.25, 0.3) is 11.0 Å². The summed E-state index contributed by atoms with van der Waals surface area (Å²) in [5.41, 5.74) is 2.07. The molecule has 5 nitrogen and oxygen atoms in total. The number of aromatic nitrogens is 3. The van der Waals surface area contributed by atoms with E-state index in [0.717, 1.165) is 0 Å². The van der Waals surface area contributed by atoms with Gasteiger partial charge in [0.1, 0.15) is 5.75 Å². The van der Waals surface area contributed by atoms with Crippen LogP contribution < -0.4 is 28.6 Å². The summed E-state index contributed by atoms with van der Waals surface area (Å²) in [6.07, 6.45) is -3.10. The molecule has 26 heavy (non-hydrogen) atoms. The van der Waals surface area contributed by atoms with Gasteiger partial charge >= 0.3 is 25.0 Å². The second kappa shape index (κ2) is 8.25. The van der Waals surface area contributed by atoms with Crippen LogP contribution in [0.3, 0.4) is 0 Å². The quantitative estimate of drug-likeness (QED) is 0.594. The van der Waals surface area contributed by atoms with Crippen LogP contribution in [-0.2, 0) is 16.6 Å². The van der Waals surface area contributed by atoms with Gasteiger partial charge in [-0.25, -0.2) is 0 Å². The zero-order valence-corrected chi connectivity index (χ0v) is 14.9. The molecule has 0 aliphatic heterocycles. The minimum absolute atomic E-state index is 0. The number of hydrogen-bond donors (Lipinski definition) is 0. The smallest absolute Gasteiger partial charge is 0.484 e. The zero-order chi connectivity index (χ0) is 18.0. The van der Waals surface area contributed by atoms with Gasteiger partial charge in [-0.3, -0.25) is 9.19 Å². The van der Waals surface area contributed by atoms with Crippen LogP contribution in [0.4, 0.5) is 13.2 Å². The molecular weight excluding hydrogens is 362 g/mol. The monoisotopic (exact) mass is 375 g/mol. The number of ether oxygens (including phenoxy) is 1. The number of pyridine rings is 1. The van der Waals surface area contributed by atoms with Crippen molar-refractivity contribution in [3.05, 3.63) is 47.8 Å². The molecule has 0 saturated carbocycles. The summed E-state index contributed by atoms with van der Waals surface area (Å²) in [5.74, 6) is 0.0543. The van der Waals surface area contributed by atoms with Gasteiger partial charge in [0.15, 0.2) is 6.61 Å². The van der Waals surface area contributed by atoms with Crippen LogP contribution in [0, 0.1) is 6.92 Å². The number of hydrogen-bond acceptors (Lipinski definition) is 4. The maximum atomic E-state index is 12.5. The van der Waals surface area contributed by atoms with Gasteiger partial charge in [-0.2, -0.15) is 13.2 Å². The van der Waals surface area contributed by atoms with Crippen molar-refractivity contribution < 1.29 is 41.0 Å². The van der Waals surface area contributed by atoms with Gasteiger partial charge in [-0.15, -0.1) is 0 Å². The topological polar surface area (TPSA) is 66.2 Å². The van der Waals surface area contributed by atoms with Gasteiger partial charge < -0.3 is 14.7 Å². The average Bonchev–Trinajstić information content (AvgIpc) is 2.99. The standard InChI is InChI=1S/C16H13F3N3O2S.Li/c1-10-13(20-7-6-14(10)24-9-16(17,18)19)8-25(23)15-21-11-4-2-3-5-12(11)22-15;/h2-7H,8-9H2,1H3;/q-1;+1. The van der Waals surface area contributed by atoms with Gasteiger partial charge in [0.05, 0.1) is 22.2 Å². The van der Waals surface area contributed by atoms with E-state index in [0.29, 0.717) is 22.3 Å². The molecule has 0 radical (unpaired) electrons. The van der Waals surface area contributed by atoms with E-state index in [1.165, 1.54) is 12.3 Å². The normalized spacial score (nSPS) is 12.6. The van der Waals surface area contributed by atoms with Crippen molar-refractivity contribution in [1.29, 1.82) is 0 Å². The maximum absolute atomic E-state index is 12.5. The third-order valence-electron chi connectivity index (χ3n) is 3.44. The minimum atomic E-state index is -4.43. The van der Waals surface area contributed by atoms with Gasteiger partial charge in [-0.05, 0) is 24.0 Å². The Morgan fingerprint density at radius 2 is 1.96 bits per heavy atom. The van der Waals surface area contributed by atoms with E-state index in [-0.39, 0.29) is 35.5 Å².